The van der Waals surface area contributed by atoms with E-state index in [9.17, 15) is 61.0 Å². The molecule has 3 saturated heterocycles. The first-order valence-corrected chi connectivity index (χ1v) is 38.2. The molecule has 3 aliphatic heterocycles. The molecule has 552 valence electrons. The number of aliphatic hydroxyl groups is 11. The predicted octanol–water partition coefficient (Wildman–Crippen LogP) is 11.6. The van der Waals surface area contributed by atoms with E-state index in [0.29, 0.717) is 12.8 Å². The third-order valence-electron chi connectivity index (χ3n) is 19.2. The van der Waals surface area contributed by atoms with Crippen molar-refractivity contribution in [2.24, 2.45) is 0 Å². The van der Waals surface area contributed by atoms with Crippen LogP contribution in [0.3, 0.4) is 0 Å². The Kier molecular flexibility index (Phi) is 52.0. The Morgan fingerprint density at radius 1 is 0.372 bits per heavy atom. The van der Waals surface area contributed by atoms with Gasteiger partial charge in [0, 0.05) is 6.42 Å². The van der Waals surface area contributed by atoms with E-state index in [1.54, 1.807) is 6.08 Å². The van der Waals surface area contributed by atoms with Gasteiger partial charge in [-0.05, 0) is 44.9 Å². The van der Waals surface area contributed by atoms with E-state index in [2.05, 4.69) is 43.5 Å². The fourth-order valence-corrected chi connectivity index (χ4v) is 13.0. The molecule has 0 aromatic rings. The standard InChI is InChI=1S/C75H139NO18/c1-3-5-7-9-11-13-15-17-19-21-22-23-24-25-26-27-28-29-30-31-32-33-34-35-37-38-40-42-44-46-48-50-52-59(80)58(76-63(81)53-51-49-47-45-43-41-39-36-20-18-16-14-12-10-8-6-4-2)57-89-73-69(87)66(84)71(61(55-78)91-73)94-75-70(88)67(85)72(62(56-79)92-75)93-74-68(86)65(83)64(82)60(54-77)90-74/h35,37,42,44,50,52,58-62,64-75,77-80,82-88H,3-34,36,38-41,43,45-49,51,53-57H2,1-2H3,(H,76,81)/b37-35+,44-42+,52-50+. The van der Waals surface area contributed by atoms with E-state index in [1.807, 2.05) is 6.08 Å². The van der Waals surface area contributed by atoms with Crippen LogP contribution in [0.2, 0.25) is 0 Å². The number of hydrogen-bond acceptors (Lipinski definition) is 18. The first kappa shape index (κ1) is 86.2. The van der Waals surface area contributed by atoms with Gasteiger partial charge in [-0.3, -0.25) is 4.79 Å². The molecule has 3 rings (SSSR count). The highest BCUT2D eigenvalue weighted by Gasteiger charge is 2.53. The van der Waals surface area contributed by atoms with Gasteiger partial charge < -0.3 is 89.9 Å². The van der Waals surface area contributed by atoms with Crippen LogP contribution in [0.15, 0.2) is 36.5 Å². The average molecular weight is 1340 g/mol. The van der Waals surface area contributed by atoms with E-state index in [4.69, 9.17) is 28.4 Å². The van der Waals surface area contributed by atoms with E-state index < -0.39 is 124 Å². The molecule has 0 spiro atoms. The van der Waals surface area contributed by atoms with Gasteiger partial charge in [-0.2, -0.15) is 0 Å². The minimum absolute atomic E-state index is 0.236. The molecule has 0 saturated carbocycles. The molecule has 0 bridgehead atoms. The van der Waals surface area contributed by atoms with Crippen LogP contribution in [-0.2, 0) is 33.2 Å². The normalized spacial score (nSPS) is 27.5. The fraction of sp³-hybridized carbons (Fsp3) is 0.907. The summed E-state index contributed by atoms with van der Waals surface area (Å²) >= 11 is 0. The molecule has 3 aliphatic rings. The Bertz CT molecular complexity index is 1840. The Morgan fingerprint density at radius 2 is 0.681 bits per heavy atom. The lowest BCUT2D eigenvalue weighted by Gasteiger charge is -2.48. The summed E-state index contributed by atoms with van der Waals surface area (Å²) in [5, 5.41) is 121. The summed E-state index contributed by atoms with van der Waals surface area (Å²) in [6.45, 7) is 1.75. The van der Waals surface area contributed by atoms with Gasteiger partial charge >= 0.3 is 0 Å². The molecular weight excluding hydrogens is 1200 g/mol. The molecule has 3 heterocycles. The molecule has 1 amide bonds. The number of rotatable bonds is 60. The lowest BCUT2D eigenvalue weighted by atomic mass is 9.96. The predicted molar refractivity (Wildman–Crippen MR) is 369 cm³/mol. The number of nitrogens with one attached hydrogen (secondary N) is 1. The SMILES string of the molecule is CCCCCCCCCCCCCCCCCCCCCCCC/C=C/CC/C=C/CC/C=C/C(O)C(COC1OC(CO)C(OC2OC(CO)C(OC3OC(CO)C(O)C(O)C3O)C(O)C2O)C(O)C1O)NC(=O)CCCCCCCCCCCCCCCCCCC. The molecule has 0 radical (unpaired) electrons. The van der Waals surface area contributed by atoms with E-state index in [0.717, 1.165) is 44.9 Å². The topological polar surface area (TPSA) is 307 Å². The molecule has 0 aromatic heterocycles. The molecule has 17 unspecified atom stereocenters. The summed E-state index contributed by atoms with van der Waals surface area (Å²) in [6.07, 6.45) is 41.5. The van der Waals surface area contributed by atoms with Gasteiger partial charge in [0.05, 0.1) is 38.6 Å². The summed E-state index contributed by atoms with van der Waals surface area (Å²) in [7, 11) is 0. The number of unbranched alkanes of at least 4 members (excludes halogenated alkanes) is 40. The van der Waals surface area contributed by atoms with Gasteiger partial charge in [0.1, 0.15) is 73.2 Å². The largest absolute Gasteiger partial charge is 0.394 e. The Hall–Kier alpha value is -1.99. The van der Waals surface area contributed by atoms with Crippen LogP contribution in [0.1, 0.15) is 303 Å². The number of aliphatic hydroxyl groups excluding tert-OH is 11. The van der Waals surface area contributed by atoms with E-state index in [1.165, 1.54) is 225 Å². The molecule has 17 atom stereocenters. The van der Waals surface area contributed by atoms with Crippen molar-refractivity contribution in [3.63, 3.8) is 0 Å². The van der Waals surface area contributed by atoms with Crippen LogP contribution < -0.4 is 5.32 Å². The fourth-order valence-electron chi connectivity index (χ4n) is 13.0. The summed E-state index contributed by atoms with van der Waals surface area (Å²) in [5.74, 6) is -0.285. The summed E-state index contributed by atoms with van der Waals surface area (Å²) < 4.78 is 34.4. The third-order valence-corrected chi connectivity index (χ3v) is 19.2. The molecule has 12 N–H and O–H groups in total. The third kappa shape index (κ3) is 37.4. The van der Waals surface area contributed by atoms with Crippen molar-refractivity contribution in [1.29, 1.82) is 0 Å². The second-order valence-corrected chi connectivity index (χ2v) is 27.5. The Morgan fingerprint density at radius 3 is 1.06 bits per heavy atom. The zero-order chi connectivity index (χ0) is 68.2. The van der Waals surface area contributed by atoms with Crippen molar-refractivity contribution in [2.75, 3.05) is 26.4 Å². The maximum Gasteiger partial charge on any atom is 0.220 e. The van der Waals surface area contributed by atoms with Gasteiger partial charge in [-0.15, -0.1) is 0 Å². The second kappa shape index (κ2) is 56.7. The van der Waals surface area contributed by atoms with Gasteiger partial charge in [0.25, 0.3) is 0 Å². The van der Waals surface area contributed by atoms with Crippen molar-refractivity contribution >= 4 is 5.91 Å². The number of carbonyl (C=O) groups is 1. The van der Waals surface area contributed by atoms with Gasteiger partial charge in [0.15, 0.2) is 18.9 Å². The number of ether oxygens (including phenoxy) is 6. The van der Waals surface area contributed by atoms with Crippen LogP contribution >= 0.6 is 0 Å². The summed E-state index contributed by atoms with van der Waals surface area (Å²) in [5.41, 5.74) is 0. The Balaban J connectivity index is 1.40. The lowest BCUT2D eigenvalue weighted by Crippen LogP contribution is -2.66. The number of carbonyl (C=O) groups excluding carboxylic acids is 1. The molecule has 19 nitrogen and oxygen atoms in total. The smallest absolute Gasteiger partial charge is 0.220 e. The van der Waals surface area contributed by atoms with Crippen molar-refractivity contribution in [3.8, 4) is 0 Å². The zero-order valence-electron chi connectivity index (χ0n) is 58.7. The van der Waals surface area contributed by atoms with Crippen molar-refractivity contribution in [2.45, 2.75) is 407 Å². The first-order chi connectivity index (χ1) is 45.8. The number of hydrogen-bond donors (Lipinski definition) is 12. The molecule has 19 heteroatoms. The minimum Gasteiger partial charge on any atom is -0.394 e. The highest BCUT2D eigenvalue weighted by molar-refractivity contribution is 5.76. The van der Waals surface area contributed by atoms with Crippen LogP contribution in [0.5, 0.6) is 0 Å². The summed E-state index contributed by atoms with van der Waals surface area (Å²) in [6, 6.07) is -0.995. The van der Waals surface area contributed by atoms with E-state index in [-0.39, 0.29) is 18.9 Å². The molecular formula is C75H139NO18. The van der Waals surface area contributed by atoms with Crippen molar-refractivity contribution < 1.29 is 89.4 Å². The average Bonchev–Trinajstić information content (AvgIpc) is 0.788. The number of amides is 1. The molecule has 94 heavy (non-hydrogen) atoms. The first-order valence-electron chi connectivity index (χ1n) is 38.2. The van der Waals surface area contributed by atoms with E-state index >= 15 is 0 Å². The van der Waals surface area contributed by atoms with Crippen LogP contribution in [-0.4, -0.2) is 193 Å². The maximum absolute atomic E-state index is 13.4. The highest BCUT2D eigenvalue weighted by atomic mass is 16.8. The van der Waals surface area contributed by atoms with Gasteiger partial charge in [-0.1, -0.05) is 288 Å². The van der Waals surface area contributed by atoms with Crippen molar-refractivity contribution in [1.82, 2.24) is 5.32 Å². The summed E-state index contributed by atoms with van der Waals surface area (Å²) in [4.78, 5) is 13.4. The van der Waals surface area contributed by atoms with Crippen LogP contribution in [0.4, 0.5) is 0 Å². The molecule has 0 aromatic carbocycles. The lowest BCUT2D eigenvalue weighted by molar-refractivity contribution is -0.379. The minimum atomic E-state index is -1.98. The van der Waals surface area contributed by atoms with Gasteiger partial charge in [-0.25, -0.2) is 0 Å². The quantitative estimate of drug-likeness (QED) is 0.0199. The highest BCUT2D eigenvalue weighted by Crippen LogP contribution is 2.33. The number of allylic oxidation sites excluding steroid dienone is 5. The Labute approximate surface area is 568 Å². The van der Waals surface area contributed by atoms with Crippen molar-refractivity contribution in [3.05, 3.63) is 36.5 Å². The monoisotopic (exact) mass is 1340 g/mol. The van der Waals surface area contributed by atoms with Crippen LogP contribution in [0.25, 0.3) is 0 Å². The molecule has 3 fully saturated rings. The zero-order valence-corrected chi connectivity index (χ0v) is 58.7. The van der Waals surface area contributed by atoms with Crippen LogP contribution in [0, 0.1) is 0 Å². The van der Waals surface area contributed by atoms with Gasteiger partial charge in [0.2, 0.25) is 5.91 Å². The maximum atomic E-state index is 13.4. The second-order valence-electron chi connectivity index (χ2n) is 27.5. The molecule has 0 aliphatic carbocycles.